The van der Waals surface area contributed by atoms with Crippen LogP contribution in [-0.4, -0.2) is 40.5 Å². The number of anilines is 1. The summed E-state index contributed by atoms with van der Waals surface area (Å²) in [7, 11) is 0. The molecule has 0 spiro atoms. The summed E-state index contributed by atoms with van der Waals surface area (Å²) < 4.78 is 0. The van der Waals surface area contributed by atoms with Crippen LogP contribution in [0.1, 0.15) is 57.9 Å². The van der Waals surface area contributed by atoms with Crippen molar-refractivity contribution in [3.63, 3.8) is 0 Å². The second-order valence-corrected chi connectivity index (χ2v) is 6.95. The van der Waals surface area contributed by atoms with Crippen LogP contribution in [0.4, 0.5) is 5.69 Å². The van der Waals surface area contributed by atoms with E-state index in [0.29, 0.717) is 38.0 Å². The number of nitrogens with zero attached hydrogens (tertiary/aromatic N) is 1. The predicted octanol–water partition coefficient (Wildman–Crippen LogP) is 3.12. The Labute approximate surface area is 150 Å². The lowest BCUT2D eigenvalue weighted by atomic mass is 9.82. The number of carbonyl (C=O) groups excluding carboxylic acids is 2. The Morgan fingerprint density at radius 3 is 2.24 bits per heavy atom. The third-order valence-electron chi connectivity index (χ3n) is 4.98. The number of benzene rings is 1. The SMILES string of the molecule is CCN(CC)C(=O)Cc1ccc(NC(=O)CC2(O)CCCCC2)cc1. The van der Waals surface area contributed by atoms with E-state index in [2.05, 4.69) is 5.32 Å². The summed E-state index contributed by atoms with van der Waals surface area (Å²) in [5, 5.41) is 13.3. The summed E-state index contributed by atoms with van der Waals surface area (Å²) in [6.07, 6.45) is 5.03. The van der Waals surface area contributed by atoms with Crippen LogP contribution in [0.3, 0.4) is 0 Å². The molecule has 0 bridgehead atoms. The van der Waals surface area contributed by atoms with Crippen molar-refractivity contribution >= 4 is 17.5 Å². The lowest BCUT2D eigenvalue weighted by Gasteiger charge is -2.31. The Morgan fingerprint density at radius 2 is 1.68 bits per heavy atom. The van der Waals surface area contributed by atoms with E-state index in [-0.39, 0.29) is 18.2 Å². The molecule has 5 nitrogen and oxygen atoms in total. The first kappa shape index (κ1) is 19.4. The van der Waals surface area contributed by atoms with Gasteiger partial charge in [-0.2, -0.15) is 0 Å². The van der Waals surface area contributed by atoms with E-state index in [9.17, 15) is 14.7 Å². The molecule has 2 N–H and O–H groups in total. The fraction of sp³-hybridized carbons (Fsp3) is 0.600. The normalized spacial score (nSPS) is 16.3. The van der Waals surface area contributed by atoms with Crippen molar-refractivity contribution in [3.05, 3.63) is 29.8 Å². The number of nitrogens with one attached hydrogen (secondary N) is 1. The summed E-state index contributed by atoms with van der Waals surface area (Å²) in [5.74, 6) is -0.0438. The second kappa shape index (κ2) is 8.99. The molecule has 1 aromatic carbocycles. The van der Waals surface area contributed by atoms with E-state index >= 15 is 0 Å². The molecule has 0 radical (unpaired) electrons. The number of rotatable bonds is 7. The van der Waals surface area contributed by atoms with E-state index in [1.807, 2.05) is 38.1 Å². The zero-order valence-electron chi connectivity index (χ0n) is 15.4. The molecule has 0 heterocycles. The molecule has 0 aliphatic heterocycles. The molecule has 2 amide bonds. The zero-order chi connectivity index (χ0) is 18.3. The smallest absolute Gasteiger partial charge is 0.227 e. The summed E-state index contributed by atoms with van der Waals surface area (Å²) in [5.41, 5.74) is 0.780. The molecule has 2 rings (SSSR count). The van der Waals surface area contributed by atoms with Gasteiger partial charge in [0.05, 0.1) is 18.4 Å². The van der Waals surface area contributed by atoms with Gasteiger partial charge in [-0.05, 0) is 44.4 Å². The highest BCUT2D eigenvalue weighted by Crippen LogP contribution is 2.31. The third kappa shape index (κ3) is 5.85. The van der Waals surface area contributed by atoms with E-state index < -0.39 is 5.60 Å². The maximum atomic E-state index is 12.2. The van der Waals surface area contributed by atoms with Crippen LogP contribution in [-0.2, 0) is 16.0 Å². The quantitative estimate of drug-likeness (QED) is 0.797. The van der Waals surface area contributed by atoms with Crippen molar-refractivity contribution in [2.75, 3.05) is 18.4 Å². The average Bonchev–Trinajstić information content (AvgIpc) is 2.58. The molecule has 0 saturated heterocycles. The maximum absolute atomic E-state index is 12.2. The van der Waals surface area contributed by atoms with Gasteiger partial charge >= 0.3 is 0 Å². The minimum atomic E-state index is -0.849. The van der Waals surface area contributed by atoms with Crippen molar-refractivity contribution in [2.45, 2.75) is 64.4 Å². The number of amides is 2. The highest BCUT2D eigenvalue weighted by atomic mass is 16.3. The summed E-state index contributed by atoms with van der Waals surface area (Å²) in [6.45, 7) is 5.37. The van der Waals surface area contributed by atoms with E-state index in [1.165, 1.54) is 0 Å². The standard InChI is InChI=1S/C20H30N2O3/c1-3-22(4-2)19(24)14-16-8-10-17(11-9-16)21-18(23)15-20(25)12-6-5-7-13-20/h8-11,25H,3-7,12-15H2,1-2H3,(H,21,23). The number of carbonyl (C=O) groups is 2. The first-order valence-corrected chi connectivity index (χ1v) is 9.34. The first-order valence-electron chi connectivity index (χ1n) is 9.34. The average molecular weight is 346 g/mol. The van der Waals surface area contributed by atoms with Gasteiger partial charge in [0.25, 0.3) is 0 Å². The van der Waals surface area contributed by atoms with Crippen LogP contribution in [0.15, 0.2) is 24.3 Å². The first-order chi connectivity index (χ1) is 12.0. The molecule has 138 valence electrons. The molecule has 0 aromatic heterocycles. The van der Waals surface area contributed by atoms with Gasteiger partial charge in [0.1, 0.15) is 0 Å². The van der Waals surface area contributed by atoms with Crippen molar-refractivity contribution in [1.29, 1.82) is 0 Å². The lowest BCUT2D eigenvalue weighted by Crippen LogP contribution is -2.35. The monoisotopic (exact) mass is 346 g/mol. The molecular weight excluding hydrogens is 316 g/mol. The Morgan fingerprint density at radius 1 is 1.08 bits per heavy atom. The van der Waals surface area contributed by atoms with Crippen LogP contribution >= 0.6 is 0 Å². The van der Waals surface area contributed by atoms with Crippen LogP contribution < -0.4 is 5.32 Å². The molecule has 0 atom stereocenters. The summed E-state index contributed by atoms with van der Waals surface area (Å²) in [6, 6.07) is 7.36. The van der Waals surface area contributed by atoms with E-state index in [0.717, 1.165) is 24.8 Å². The fourth-order valence-electron chi connectivity index (χ4n) is 3.46. The Balaban J connectivity index is 1.87. The summed E-state index contributed by atoms with van der Waals surface area (Å²) >= 11 is 0. The Bertz CT molecular complexity index is 573. The third-order valence-corrected chi connectivity index (χ3v) is 4.98. The minimum Gasteiger partial charge on any atom is -0.389 e. The lowest BCUT2D eigenvalue weighted by molar-refractivity contribution is -0.130. The fourth-order valence-corrected chi connectivity index (χ4v) is 3.46. The number of likely N-dealkylation sites (N-methyl/N-ethyl adjacent to an activating group) is 1. The molecule has 25 heavy (non-hydrogen) atoms. The van der Waals surface area contributed by atoms with Crippen LogP contribution in [0.2, 0.25) is 0 Å². The van der Waals surface area contributed by atoms with Crippen LogP contribution in [0.5, 0.6) is 0 Å². The molecule has 0 unspecified atom stereocenters. The Hall–Kier alpha value is -1.88. The molecule has 1 aliphatic carbocycles. The Kier molecular flexibility index (Phi) is 7.00. The largest absolute Gasteiger partial charge is 0.389 e. The number of hydrogen-bond donors (Lipinski definition) is 2. The van der Waals surface area contributed by atoms with Crippen LogP contribution in [0.25, 0.3) is 0 Å². The second-order valence-electron chi connectivity index (χ2n) is 6.95. The van der Waals surface area contributed by atoms with E-state index in [1.54, 1.807) is 4.90 Å². The van der Waals surface area contributed by atoms with Crippen LogP contribution in [0, 0.1) is 0 Å². The molecule has 5 heteroatoms. The molecular formula is C20H30N2O3. The maximum Gasteiger partial charge on any atom is 0.227 e. The zero-order valence-corrected chi connectivity index (χ0v) is 15.4. The topological polar surface area (TPSA) is 69.6 Å². The minimum absolute atomic E-state index is 0.112. The van der Waals surface area contributed by atoms with Gasteiger partial charge in [0, 0.05) is 18.8 Å². The van der Waals surface area contributed by atoms with Crippen molar-refractivity contribution in [2.24, 2.45) is 0 Å². The van der Waals surface area contributed by atoms with Crippen molar-refractivity contribution in [3.8, 4) is 0 Å². The molecule has 1 saturated carbocycles. The van der Waals surface area contributed by atoms with Gasteiger partial charge in [-0.25, -0.2) is 0 Å². The van der Waals surface area contributed by atoms with Gasteiger partial charge in [-0.3, -0.25) is 9.59 Å². The van der Waals surface area contributed by atoms with Gasteiger partial charge in [-0.15, -0.1) is 0 Å². The van der Waals surface area contributed by atoms with Gasteiger partial charge in [0.15, 0.2) is 0 Å². The van der Waals surface area contributed by atoms with Gasteiger partial charge in [0.2, 0.25) is 11.8 Å². The highest BCUT2D eigenvalue weighted by Gasteiger charge is 2.31. The van der Waals surface area contributed by atoms with E-state index in [4.69, 9.17) is 0 Å². The number of hydrogen-bond acceptors (Lipinski definition) is 3. The van der Waals surface area contributed by atoms with Crippen molar-refractivity contribution < 1.29 is 14.7 Å². The molecule has 1 fully saturated rings. The molecule has 1 aliphatic rings. The van der Waals surface area contributed by atoms with Crippen molar-refractivity contribution in [1.82, 2.24) is 4.90 Å². The summed E-state index contributed by atoms with van der Waals surface area (Å²) in [4.78, 5) is 26.1. The van der Waals surface area contributed by atoms with Gasteiger partial charge in [-0.1, -0.05) is 31.4 Å². The molecule has 1 aromatic rings. The van der Waals surface area contributed by atoms with Gasteiger partial charge < -0.3 is 15.3 Å². The number of aliphatic hydroxyl groups is 1. The highest BCUT2D eigenvalue weighted by molar-refractivity contribution is 5.91. The predicted molar refractivity (Wildman–Crippen MR) is 99.4 cm³/mol.